The summed E-state index contributed by atoms with van der Waals surface area (Å²) in [4.78, 5) is 2.37. The van der Waals surface area contributed by atoms with E-state index >= 15 is 0 Å². The van der Waals surface area contributed by atoms with Crippen LogP contribution in [0.5, 0.6) is 0 Å². The van der Waals surface area contributed by atoms with E-state index in [0.717, 1.165) is 43.6 Å². The van der Waals surface area contributed by atoms with Crippen LogP contribution in [0.15, 0.2) is 42.5 Å². The minimum absolute atomic E-state index is 0. The van der Waals surface area contributed by atoms with Gasteiger partial charge in [0.2, 0.25) is 0 Å². The molecule has 12 heteroatoms. The van der Waals surface area contributed by atoms with Crippen LogP contribution in [0.2, 0.25) is 0 Å². The van der Waals surface area contributed by atoms with Crippen LogP contribution in [-0.4, -0.2) is 43.2 Å². The Labute approximate surface area is 229 Å². The van der Waals surface area contributed by atoms with E-state index in [1.54, 1.807) is 12.1 Å². The molecule has 4 rings (SSSR count). The fraction of sp³-hybridized carbons (Fsp3) is 0.538. The van der Waals surface area contributed by atoms with Crippen molar-refractivity contribution in [1.29, 1.82) is 0 Å². The molecule has 0 saturated carbocycles. The maximum Gasteiger partial charge on any atom is 0.416 e. The van der Waals surface area contributed by atoms with Crippen molar-refractivity contribution in [3.8, 4) is 0 Å². The molecule has 0 aromatic heterocycles. The highest BCUT2D eigenvalue weighted by molar-refractivity contribution is 5.85. The van der Waals surface area contributed by atoms with E-state index in [2.05, 4.69) is 10.2 Å². The first-order valence-corrected chi connectivity index (χ1v) is 12.1. The molecule has 0 radical (unpaired) electrons. The predicted octanol–water partition coefficient (Wildman–Crippen LogP) is 7.39. The molecule has 214 valence electrons. The van der Waals surface area contributed by atoms with Crippen molar-refractivity contribution >= 4 is 24.8 Å². The number of piperidine rings is 2. The average Bonchev–Trinajstić information content (AvgIpc) is 2.84. The van der Waals surface area contributed by atoms with Crippen LogP contribution < -0.4 is 5.32 Å². The number of halogens is 9. The van der Waals surface area contributed by atoms with Crippen molar-refractivity contribution in [2.45, 2.75) is 62.7 Å². The largest absolute Gasteiger partial charge is 0.416 e. The molecule has 2 aromatic carbocycles. The number of rotatable bonds is 5. The van der Waals surface area contributed by atoms with Gasteiger partial charge in [0.15, 0.2) is 0 Å². The van der Waals surface area contributed by atoms with E-state index in [9.17, 15) is 30.7 Å². The molecule has 2 fully saturated rings. The Morgan fingerprint density at radius 2 is 1.42 bits per heavy atom. The second kappa shape index (κ2) is 13.2. The van der Waals surface area contributed by atoms with E-state index in [0.29, 0.717) is 25.6 Å². The summed E-state index contributed by atoms with van der Waals surface area (Å²) < 4.78 is 99.8. The molecule has 2 saturated heterocycles. The Morgan fingerprint density at radius 3 is 1.95 bits per heavy atom. The summed E-state index contributed by atoms with van der Waals surface area (Å²) in [6.45, 7) is 4.61. The van der Waals surface area contributed by atoms with Crippen LogP contribution in [0.3, 0.4) is 0 Å². The summed E-state index contributed by atoms with van der Waals surface area (Å²) in [6.07, 6.45) is -8.77. The number of hydrogen-bond donors (Lipinski definition) is 1. The van der Waals surface area contributed by atoms with Crippen LogP contribution in [-0.2, 0) is 17.1 Å². The first-order chi connectivity index (χ1) is 16.9. The van der Waals surface area contributed by atoms with Gasteiger partial charge in [-0.1, -0.05) is 12.1 Å². The van der Waals surface area contributed by atoms with E-state index in [1.807, 2.05) is 0 Å². The highest BCUT2D eigenvalue weighted by Crippen LogP contribution is 2.40. The zero-order valence-electron chi connectivity index (χ0n) is 20.6. The molecule has 0 spiro atoms. The molecule has 38 heavy (non-hydrogen) atoms. The lowest BCUT2D eigenvalue weighted by atomic mass is 9.86. The minimum Gasteiger partial charge on any atom is -0.370 e. The van der Waals surface area contributed by atoms with Gasteiger partial charge in [0.05, 0.1) is 23.3 Å². The zero-order chi connectivity index (χ0) is 26.1. The SMILES string of the molecule is C[C@@H](O[C@H]1CCN(C2CCNCC2)C[C@@H]1c1ccc(F)cc1)c1cc(C(F)(F)F)cc(C(F)(F)F)c1.Cl.Cl. The molecule has 2 heterocycles. The van der Waals surface area contributed by atoms with Gasteiger partial charge < -0.3 is 10.1 Å². The first-order valence-electron chi connectivity index (χ1n) is 12.1. The molecule has 0 bridgehead atoms. The number of benzene rings is 2. The topological polar surface area (TPSA) is 24.5 Å². The van der Waals surface area contributed by atoms with Crippen molar-refractivity contribution in [3.05, 3.63) is 70.5 Å². The van der Waals surface area contributed by atoms with Crippen molar-refractivity contribution < 1.29 is 35.5 Å². The van der Waals surface area contributed by atoms with Gasteiger partial charge in [0, 0.05) is 25.0 Å². The summed E-state index contributed by atoms with van der Waals surface area (Å²) in [5.41, 5.74) is -2.08. The number of nitrogens with one attached hydrogen (secondary N) is 1. The van der Waals surface area contributed by atoms with Crippen LogP contribution in [0.25, 0.3) is 0 Å². The van der Waals surface area contributed by atoms with Gasteiger partial charge in [-0.05, 0) is 80.7 Å². The Morgan fingerprint density at radius 1 is 0.868 bits per heavy atom. The first kappa shape index (κ1) is 32.6. The molecule has 0 unspecified atom stereocenters. The maximum atomic E-state index is 13.6. The third-order valence-electron chi connectivity index (χ3n) is 7.16. The molecule has 0 aliphatic carbocycles. The highest BCUT2D eigenvalue weighted by Gasteiger charge is 2.39. The van der Waals surface area contributed by atoms with Crippen molar-refractivity contribution in [2.24, 2.45) is 0 Å². The standard InChI is InChI=1S/C26H29F7N2O.2ClH/c1-16(18-12-19(25(28,29)30)14-20(13-18)26(31,32)33)36-24-8-11-35(22-6-9-34-10-7-22)15-23(24)17-2-4-21(27)5-3-17;;/h2-5,12-14,16,22-24,34H,6-11,15H2,1H3;2*1H/t16-,23-,24+;;/m1../s1. The van der Waals surface area contributed by atoms with Crippen LogP contribution in [0.4, 0.5) is 30.7 Å². The van der Waals surface area contributed by atoms with Crippen molar-refractivity contribution in [2.75, 3.05) is 26.2 Å². The quantitative estimate of drug-likeness (QED) is 0.367. The van der Waals surface area contributed by atoms with Crippen molar-refractivity contribution in [1.82, 2.24) is 10.2 Å². The van der Waals surface area contributed by atoms with Gasteiger partial charge in [0.1, 0.15) is 5.82 Å². The third kappa shape index (κ3) is 7.97. The summed E-state index contributed by atoms with van der Waals surface area (Å²) >= 11 is 0. The Balaban J connectivity index is 0.00000253. The molecular formula is C26H31Cl2F7N2O. The summed E-state index contributed by atoms with van der Waals surface area (Å²) in [5.74, 6) is -0.594. The summed E-state index contributed by atoms with van der Waals surface area (Å²) in [7, 11) is 0. The molecule has 2 aliphatic rings. The van der Waals surface area contributed by atoms with Crippen LogP contribution in [0, 0.1) is 5.82 Å². The lowest BCUT2D eigenvalue weighted by Gasteiger charge is -2.44. The maximum absolute atomic E-state index is 13.6. The molecule has 2 aliphatic heterocycles. The van der Waals surface area contributed by atoms with Gasteiger partial charge in [0.25, 0.3) is 0 Å². The predicted molar refractivity (Wildman–Crippen MR) is 135 cm³/mol. The van der Waals surface area contributed by atoms with E-state index < -0.39 is 35.7 Å². The Hall–Kier alpha value is -1.59. The Bertz CT molecular complexity index is 995. The van der Waals surface area contributed by atoms with Gasteiger partial charge in [-0.15, -0.1) is 24.8 Å². The smallest absolute Gasteiger partial charge is 0.370 e. The molecule has 2 aromatic rings. The van der Waals surface area contributed by atoms with Crippen LogP contribution >= 0.6 is 24.8 Å². The number of hydrogen-bond acceptors (Lipinski definition) is 3. The molecule has 3 atom stereocenters. The highest BCUT2D eigenvalue weighted by atomic mass is 35.5. The van der Waals surface area contributed by atoms with Gasteiger partial charge in [-0.3, -0.25) is 4.90 Å². The fourth-order valence-electron chi connectivity index (χ4n) is 5.21. The molecular weight excluding hydrogens is 560 g/mol. The van der Waals surface area contributed by atoms with Crippen LogP contribution in [0.1, 0.15) is 60.5 Å². The zero-order valence-corrected chi connectivity index (χ0v) is 22.3. The molecule has 1 N–H and O–H groups in total. The van der Waals surface area contributed by atoms with Crippen molar-refractivity contribution in [3.63, 3.8) is 0 Å². The Kier molecular flexibility index (Phi) is 11.3. The second-order valence-electron chi connectivity index (χ2n) is 9.58. The normalized spacial score (nSPS) is 22.3. The third-order valence-corrected chi connectivity index (χ3v) is 7.16. The molecule has 0 amide bonds. The fourth-order valence-corrected chi connectivity index (χ4v) is 5.21. The van der Waals surface area contributed by atoms with Gasteiger partial charge in [-0.2, -0.15) is 26.3 Å². The van der Waals surface area contributed by atoms with Gasteiger partial charge >= 0.3 is 12.4 Å². The monoisotopic (exact) mass is 590 g/mol. The number of ether oxygens (including phenoxy) is 1. The second-order valence-corrected chi connectivity index (χ2v) is 9.58. The van der Waals surface area contributed by atoms with E-state index in [4.69, 9.17) is 4.74 Å². The van der Waals surface area contributed by atoms with Gasteiger partial charge in [-0.25, -0.2) is 4.39 Å². The lowest BCUT2D eigenvalue weighted by molar-refractivity contribution is -0.143. The number of nitrogens with zero attached hydrogens (tertiary/aromatic N) is 1. The minimum atomic E-state index is -4.92. The summed E-state index contributed by atoms with van der Waals surface area (Å²) in [6, 6.07) is 7.97. The summed E-state index contributed by atoms with van der Waals surface area (Å²) in [5, 5.41) is 3.33. The number of alkyl halides is 6. The number of likely N-dealkylation sites (tertiary alicyclic amines) is 1. The average molecular weight is 591 g/mol. The molecule has 3 nitrogen and oxygen atoms in total. The lowest BCUT2D eigenvalue weighted by Crippen LogP contribution is -2.50. The van der Waals surface area contributed by atoms with E-state index in [1.165, 1.54) is 19.1 Å². The van der Waals surface area contributed by atoms with E-state index in [-0.39, 0.29) is 48.2 Å².